The molecule has 1 amide bonds. The number of amides is 1. The molecule has 0 aromatic heterocycles. The first-order valence-corrected chi connectivity index (χ1v) is 8.58. The van der Waals surface area contributed by atoms with Gasteiger partial charge in [-0.3, -0.25) is 4.90 Å². The van der Waals surface area contributed by atoms with Crippen LogP contribution in [-0.2, 0) is 11.3 Å². The van der Waals surface area contributed by atoms with Crippen molar-refractivity contribution in [1.82, 2.24) is 4.90 Å². The maximum absolute atomic E-state index is 12.9. The molecule has 0 bridgehead atoms. The van der Waals surface area contributed by atoms with Crippen LogP contribution in [0, 0.1) is 11.3 Å². The van der Waals surface area contributed by atoms with Crippen molar-refractivity contribution >= 4 is 6.09 Å². The van der Waals surface area contributed by atoms with Crippen molar-refractivity contribution in [2.75, 3.05) is 6.61 Å². The number of nitriles is 1. The van der Waals surface area contributed by atoms with E-state index in [0.29, 0.717) is 24.5 Å². The highest BCUT2D eigenvalue weighted by atomic mass is 16.6. The van der Waals surface area contributed by atoms with Gasteiger partial charge in [0.1, 0.15) is 18.0 Å². The molecule has 5 heteroatoms. The van der Waals surface area contributed by atoms with Crippen molar-refractivity contribution in [1.29, 1.82) is 5.26 Å². The Balaban J connectivity index is 1.98. The standard InChI is InChI=1S/C21H22N2O3/c1-21(2,3)26-20(24)23-13-17-10-9-15(12-22)11-19(17)25-14-18(23)16-7-5-4-6-8-16/h4-11,18H,13-14H2,1-3H3/t18-/m1/s1. The van der Waals surface area contributed by atoms with Crippen molar-refractivity contribution in [2.24, 2.45) is 0 Å². The van der Waals surface area contributed by atoms with Crippen LogP contribution < -0.4 is 4.74 Å². The van der Waals surface area contributed by atoms with Crippen LogP contribution in [0.2, 0.25) is 0 Å². The highest BCUT2D eigenvalue weighted by Gasteiger charge is 2.33. The Bertz CT molecular complexity index is 835. The number of carbonyl (C=O) groups is 1. The monoisotopic (exact) mass is 350 g/mol. The van der Waals surface area contributed by atoms with E-state index in [4.69, 9.17) is 14.7 Å². The van der Waals surface area contributed by atoms with Crippen molar-refractivity contribution < 1.29 is 14.3 Å². The fourth-order valence-corrected chi connectivity index (χ4v) is 2.91. The number of fused-ring (bicyclic) bond motifs is 1. The first-order chi connectivity index (χ1) is 12.4. The zero-order valence-electron chi connectivity index (χ0n) is 15.2. The van der Waals surface area contributed by atoms with Gasteiger partial charge in [-0.05, 0) is 38.5 Å². The van der Waals surface area contributed by atoms with Crippen LogP contribution in [0.3, 0.4) is 0 Å². The third kappa shape index (κ3) is 3.97. The predicted molar refractivity (Wildman–Crippen MR) is 97.6 cm³/mol. The molecule has 0 aliphatic carbocycles. The Hall–Kier alpha value is -3.00. The van der Waals surface area contributed by atoms with Crippen LogP contribution in [0.4, 0.5) is 4.79 Å². The van der Waals surface area contributed by atoms with E-state index in [-0.39, 0.29) is 12.1 Å². The molecule has 2 aromatic rings. The summed E-state index contributed by atoms with van der Waals surface area (Å²) in [6.45, 7) is 6.21. The van der Waals surface area contributed by atoms with Gasteiger partial charge in [-0.25, -0.2) is 4.79 Å². The lowest BCUT2D eigenvalue weighted by Gasteiger charge is -2.32. The fourth-order valence-electron chi connectivity index (χ4n) is 2.91. The van der Waals surface area contributed by atoms with Gasteiger partial charge in [0.05, 0.1) is 24.2 Å². The van der Waals surface area contributed by atoms with Gasteiger partial charge in [0, 0.05) is 5.56 Å². The van der Waals surface area contributed by atoms with E-state index in [0.717, 1.165) is 11.1 Å². The Morgan fingerprint density at radius 2 is 1.96 bits per heavy atom. The second-order valence-corrected chi connectivity index (χ2v) is 7.28. The van der Waals surface area contributed by atoms with Gasteiger partial charge >= 0.3 is 6.09 Å². The summed E-state index contributed by atoms with van der Waals surface area (Å²) in [6, 6.07) is 16.9. The zero-order valence-corrected chi connectivity index (χ0v) is 15.2. The van der Waals surface area contributed by atoms with Crippen molar-refractivity contribution in [3.8, 4) is 11.8 Å². The molecule has 1 aliphatic rings. The van der Waals surface area contributed by atoms with E-state index < -0.39 is 5.60 Å². The van der Waals surface area contributed by atoms with Crippen LogP contribution in [0.1, 0.15) is 43.5 Å². The predicted octanol–water partition coefficient (Wildman–Crippen LogP) is 4.43. The summed E-state index contributed by atoms with van der Waals surface area (Å²) in [5.74, 6) is 0.635. The van der Waals surface area contributed by atoms with Crippen molar-refractivity contribution in [3.05, 3.63) is 65.2 Å². The molecule has 1 heterocycles. The van der Waals surface area contributed by atoms with Gasteiger partial charge in [-0.2, -0.15) is 5.26 Å². The molecular formula is C21H22N2O3. The second-order valence-electron chi connectivity index (χ2n) is 7.28. The maximum atomic E-state index is 12.9. The van der Waals surface area contributed by atoms with Crippen LogP contribution in [0.5, 0.6) is 5.75 Å². The average molecular weight is 350 g/mol. The Morgan fingerprint density at radius 1 is 1.23 bits per heavy atom. The molecule has 0 unspecified atom stereocenters. The third-order valence-corrected chi connectivity index (χ3v) is 4.12. The minimum absolute atomic E-state index is 0.274. The lowest BCUT2D eigenvalue weighted by atomic mass is 10.1. The van der Waals surface area contributed by atoms with E-state index >= 15 is 0 Å². The summed E-state index contributed by atoms with van der Waals surface area (Å²) in [5.41, 5.74) is 1.78. The molecule has 1 atom stereocenters. The molecule has 2 aromatic carbocycles. The van der Waals surface area contributed by atoms with E-state index in [1.165, 1.54) is 0 Å². The molecular weight excluding hydrogens is 328 g/mol. The summed E-state index contributed by atoms with van der Waals surface area (Å²) in [5, 5.41) is 9.12. The highest BCUT2D eigenvalue weighted by molar-refractivity contribution is 5.69. The molecule has 0 fully saturated rings. The van der Waals surface area contributed by atoms with Crippen molar-refractivity contribution in [3.63, 3.8) is 0 Å². The Kier molecular flexibility index (Phi) is 4.85. The Labute approximate surface area is 153 Å². The lowest BCUT2D eigenvalue weighted by Crippen LogP contribution is -2.39. The molecule has 1 aliphatic heterocycles. The summed E-state index contributed by atoms with van der Waals surface area (Å²) >= 11 is 0. The van der Waals surface area contributed by atoms with Gasteiger partial charge in [0.2, 0.25) is 0 Å². The van der Waals surface area contributed by atoms with E-state index in [2.05, 4.69) is 6.07 Å². The third-order valence-electron chi connectivity index (χ3n) is 4.12. The number of nitrogens with zero attached hydrogens (tertiary/aromatic N) is 2. The van der Waals surface area contributed by atoms with Gasteiger partial charge in [-0.1, -0.05) is 36.4 Å². The molecule has 0 spiro atoms. The molecule has 0 saturated carbocycles. The van der Waals surface area contributed by atoms with Crippen molar-refractivity contribution in [2.45, 2.75) is 39.0 Å². The topological polar surface area (TPSA) is 62.6 Å². The van der Waals surface area contributed by atoms with Gasteiger partial charge in [0.15, 0.2) is 0 Å². The summed E-state index contributed by atoms with van der Waals surface area (Å²) in [7, 11) is 0. The maximum Gasteiger partial charge on any atom is 0.411 e. The smallest absolute Gasteiger partial charge is 0.411 e. The first kappa shape index (κ1) is 17.8. The summed E-state index contributed by atoms with van der Waals surface area (Å²) < 4.78 is 11.6. The van der Waals surface area contributed by atoms with Crippen LogP contribution in [0.25, 0.3) is 0 Å². The highest BCUT2D eigenvalue weighted by Crippen LogP contribution is 2.33. The quantitative estimate of drug-likeness (QED) is 0.763. The zero-order chi connectivity index (χ0) is 18.7. The summed E-state index contributed by atoms with van der Waals surface area (Å²) in [6.07, 6.45) is -0.382. The SMILES string of the molecule is CC(C)(C)OC(=O)N1Cc2ccc(C#N)cc2OC[C@@H]1c1ccccc1. The minimum atomic E-state index is -0.584. The Morgan fingerprint density at radius 3 is 2.62 bits per heavy atom. The lowest BCUT2D eigenvalue weighted by molar-refractivity contribution is 0.0108. The number of hydrogen-bond acceptors (Lipinski definition) is 4. The molecule has 134 valence electrons. The number of benzene rings is 2. The van der Waals surface area contributed by atoms with Crippen LogP contribution in [0.15, 0.2) is 48.5 Å². The van der Waals surface area contributed by atoms with Gasteiger partial charge in [-0.15, -0.1) is 0 Å². The number of carbonyl (C=O) groups excluding carboxylic acids is 1. The van der Waals surface area contributed by atoms with E-state index in [1.54, 1.807) is 17.0 Å². The molecule has 0 radical (unpaired) electrons. The molecule has 5 nitrogen and oxygen atoms in total. The second kappa shape index (κ2) is 7.09. The van der Waals surface area contributed by atoms with E-state index in [1.807, 2.05) is 57.2 Å². The molecule has 0 N–H and O–H groups in total. The first-order valence-electron chi connectivity index (χ1n) is 8.58. The van der Waals surface area contributed by atoms with Crippen LogP contribution in [-0.4, -0.2) is 23.2 Å². The largest absolute Gasteiger partial charge is 0.491 e. The minimum Gasteiger partial charge on any atom is -0.491 e. The summed E-state index contributed by atoms with van der Waals surface area (Å²) in [4.78, 5) is 14.6. The number of rotatable bonds is 1. The van der Waals surface area contributed by atoms with Gasteiger partial charge in [0.25, 0.3) is 0 Å². The van der Waals surface area contributed by atoms with Gasteiger partial charge < -0.3 is 9.47 Å². The fraction of sp³-hybridized carbons (Fsp3) is 0.333. The average Bonchev–Trinajstić information content (AvgIpc) is 2.80. The molecule has 0 saturated heterocycles. The normalized spacial score (nSPS) is 16.7. The van der Waals surface area contributed by atoms with Crippen LogP contribution >= 0.6 is 0 Å². The number of ether oxygens (including phenoxy) is 2. The number of hydrogen-bond donors (Lipinski definition) is 0. The van der Waals surface area contributed by atoms with E-state index in [9.17, 15) is 4.79 Å². The molecule has 26 heavy (non-hydrogen) atoms. The molecule has 3 rings (SSSR count).